The molecule has 4 rings (SSSR count). The second-order valence-corrected chi connectivity index (χ2v) is 6.17. The van der Waals surface area contributed by atoms with Crippen molar-refractivity contribution < 1.29 is 14.7 Å². The first-order chi connectivity index (χ1) is 11.6. The number of fused-ring (bicyclic) bond motifs is 5. The van der Waals surface area contributed by atoms with Gasteiger partial charge in [0, 0.05) is 30.6 Å². The van der Waals surface area contributed by atoms with Gasteiger partial charge in [-0.05, 0) is 24.5 Å². The number of aliphatic carboxylic acids is 1. The van der Waals surface area contributed by atoms with E-state index in [9.17, 15) is 14.7 Å². The summed E-state index contributed by atoms with van der Waals surface area (Å²) >= 11 is 0. The lowest BCUT2D eigenvalue weighted by Gasteiger charge is -2.16. The van der Waals surface area contributed by atoms with Crippen LogP contribution in [0, 0.1) is 0 Å². The third-order valence-corrected chi connectivity index (χ3v) is 4.66. The van der Waals surface area contributed by atoms with Gasteiger partial charge in [0.25, 0.3) is 5.91 Å². The number of carbonyl (C=O) groups excluding carboxylic acids is 1. The first kappa shape index (κ1) is 14.7. The number of carboxylic acids is 1. The standard InChI is InChI=1S/C18H17N3O3/c1-20-9-3-5-12-13-7-6-11-4-2-8-19-15(11)16(13)21(10-14(22)23)17(12)18(20)24/h2,4,6-8H,3,5,9-10H2,1H3,(H,22,23). The van der Waals surface area contributed by atoms with E-state index in [1.807, 2.05) is 24.3 Å². The third-order valence-electron chi connectivity index (χ3n) is 4.66. The molecule has 0 spiro atoms. The van der Waals surface area contributed by atoms with Crippen molar-refractivity contribution >= 4 is 33.7 Å². The quantitative estimate of drug-likeness (QED) is 0.785. The van der Waals surface area contributed by atoms with E-state index in [0.717, 1.165) is 40.2 Å². The zero-order valence-electron chi connectivity index (χ0n) is 13.3. The monoisotopic (exact) mass is 323 g/mol. The lowest BCUT2D eigenvalue weighted by atomic mass is 10.0. The van der Waals surface area contributed by atoms with E-state index in [4.69, 9.17) is 0 Å². The van der Waals surface area contributed by atoms with E-state index < -0.39 is 5.97 Å². The number of pyridine rings is 1. The van der Waals surface area contributed by atoms with Crippen molar-refractivity contribution in [2.24, 2.45) is 0 Å². The number of nitrogens with zero attached hydrogens (tertiary/aromatic N) is 3. The van der Waals surface area contributed by atoms with Gasteiger partial charge in [0.1, 0.15) is 12.2 Å². The molecule has 0 saturated heterocycles. The molecule has 6 heteroatoms. The van der Waals surface area contributed by atoms with Gasteiger partial charge in [-0.3, -0.25) is 14.6 Å². The summed E-state index contributed by atoms with van der Waals surface area (Å²) in [5.41, 5.74) is 2.91. The number of amides is 1. The molecule has 3 aromatic rings. The van der Waals surface area contributed by atoms with Crippen molar-refractivity contribution in [1.82, 2.24) is 14.5 Å². The Morgan fingerprint density at radius 2 is 2.17 bits per heavy atom. The topological polar surface area (TPSA) is 75.4 Å². The molecule has 0 fully saturated rings. The highest BCUT2D eigenvalue weighted by Crippen LogP contribution is 2.34. The Bertz CT molecular complexity index is 990. The normalized spacial score (nSPS) is 14.9. The van der Waals surface area contributed by atoms with E-state index in [-0.39, 0.29) is 12.5 Å². The van der Waals surface area contributed by atoms with Gasteiger partial charge in [0.15, 0.2) is 0 Å². The van der Waals surface area contributed by atoms with E-state index in [1.165, 1.54) is 0 Å². The summed E-state index contributed by atoms with van der Waals surface area (Å²) in [6.45, 7) is 0.426. The van der Waals surface area contributed by atoms with Crippen LogP contribution in [-0.4, -0.2) is 45.0 Å². The van der Waals surface area contributed by atoms with Gasteiger partial charge in [0.2, 0.25) is 0 Å². The Morgan fingerprint density at radius 3 is 2.96 bits per heavy atom. The molecule has 2 aromatic heterocycles. The predicted molar refractivity (Wildman–Crippen MR) is 90.2 cm³/mol. The fraction of sp³-hybridized carbons (Fsp3) is 0.278. The van der Waals surface area contributed by atoms with Crippen molar-refractivity contribution in [1.29, 1.82) is 0 Å². The molecular weight excluding hydrogens is 306 g/mol. The SMILES string of the molecule is CN1CCCc2c(n(CC(=O)O)c3c2ccc2cccnc23)C1=O. The molecular formula is C18H17N3O3. The van der Waals surface area contributed by atoms with Crippen LogP contribution in [0.4, 0.5) is 0 Å². The first-order valence-corrected chi connectivity index (χ1v) is 7.94. The Morgan fingerprint density at radius 1 is 1.33 bits per heavy atom. The number of aryl methyl sites for hydroxylation is 1. The zero-order chi connectivity index (χ0) is 16.8. The molecule has 1 aliphatic rings. The second-order valence-electron chi connectivity index (χ2n) is 6.17. The molecule has 6 nitrogen and oxygen atoms in total. The highest BCUT2D eigenvalue weighted by molar-refractivity contribution is 6.10. The van der Waals surface area contributed by atoms with Gasteiger partial charge in [-0.2, -0.15) is 0 Å². The Hall–Kier alpha value is -2.89. The fourth-order valence-electron chi connectivity index (χ4n) is 3.62. The van der Waals surface area contributed by atoms with Gasteiger partial charge in [-0.1, -0.05) is 18.2 Å². The molecule has 0 bridgehead atoms. The number of hydrogen-bond donors (Lipinski definition) is 1. The van der Waals surface area contributed by atoms with Crippen molar-refractivity contribution in [2.75, 3.05) is 13.6 Å². The van der Waals surface area contributed by atoms with Gasteiger partial charge in [-0.25, -0.2) is 0 Å². The maximum atomic E-state index is 12.8. The fourth-order valence-corrected chi connectivity index (χ4v) is 3.62. The summed E-state index contributed by atoms with van der Waals surface area (Å²) in [6, 6.07) is 7.76. The highest BCUT2D eigenvalue weighted by Gasteiger charge is 2.29. The molecule has 0 atom stereocenters. The van der Waals surface area contributed by atoms with Crippen molar-refractivity contribution in [2.45, 2.75) is 19.4 Å². The average Bonchev–Trinajstić information content (AvgIpc) is 2.78. The third kappa shape index (κ3) is 2.06. The van der Waals surface area contributed by atoms with E-state index in [0.29, 0.717) is 12.2 Å². The minimum Gasteiger partial charge on any atom is -0.480 e. The summed E-state index contributed by atoms with van der Waals surface area (Å²) in [4.78, 5) is 30.4. The largest absolute Gasteiger partial charge is 0.480 e. The van der Waals surface area contributed by atoms with Crippen LogP contribution in [-0.2, 0) is 17.8 Å². The van der Waals surface area contributed by atoms with E-state index in [2.05, 4.69) is 4.98 Å². The molecule has 3 heterocycles. The Labute approximate surface area is 138 Å². The molecule has 1 aliphatic heterocycles. The van der Waals surface area contributed by atoms with Crippen LogP contribution < -0.4 is 0 Å². The first-order valence-electron chi connectivity index (χ1n) is 7.94. The lowest BCUT2D eigenvalue weighted by Crippen LogP contribution is -2.29. The minimum absolute atomic E-state index is 0.121. The number of carboxylic acid groups (broad SMARTS) is 1. The van der Waals surface area contributed by atoms with Gasteiger partial charge in [0.05, 0.1) is 11.0 Å². The van der Waals surface area contributed by atoms with Crippen LogP contribution in [0.1, 0.15) is 22.5 Å². The molecule has 0 radical (unpaired) electrons. The van der Waals surface area contributed by atoms with Crippen molar-refractivity contribution in [3.63, 3.8) is 0 Å². The van der Waals surface area contributed by atoms with Crippen LogP contribution >= 0.6 is 0 Å². The van der Waals surface area contributed by atoms with Crippen LogP contribution in [0.2, 0.25) is 0 Å². The van der Waals surface area contributed by atoms with Gasteiger partial charge in [-0.15, -0.1) is 0 Å². The summed E-state index contributed by atoms with van der Waals surface area (Å²) in [7, 11) is 1.76. The van der Waals surface area contributed by atoms with Crippen LogP contribution in [0.15, 0.2) is 30.5 Å². The summed E-state index contributed by atoms with van der Waals surface area (Å²) in [6.07, 6.45) is 3.31. The summed E-state index contributed by atoms with van der Waals surface area (Å²) in [5.74, 6) is -1.09. The number of aromatic nitrogens is 2. The van der Waals surface area contributed by atoms with Crippen molar-refractivity contribution in [3.05, 3.63) is 41.7 Å². The van der Waals surface area contributed by atoms with Gasteiger partial charge < -0.3 is 14.6 Å². The molecule has 1 N–H and O–H groups in total. The zero-order valence-corrected chi connectivity index (χ0v) is 13.3. The van der Waals surface area contributed by atoms with Crippen LogP contribution in [0.25, 0.3) is 21.8 Å². The molecule has 122 valence electrons. The Balaban J connectivity index is 2.16. The molecule has 0 unspecified atom stereocenters. The molecule has 0 saturated carbocycles. The number of carbonyl (C=O) groups is 2. The smallest absolute Gasteiger partial charge is 0.323 e. The maximum absolute atomic E-state index is 12.8. The average molecular weight is 323 g/mol. The van der Waals surface area contributed by atoms with Crippen molar-refractivity contribution in [3.8, 4) is 0 Å². The van der Waals surface area contributed by atoms with Crippen LogP contribution in [0.3, 0.4) is 0 Å². The maximum Gasteiger partial charge on any atom is 0.323 e. The molecule has 1 amide bonds. The summed E-state index contributed by atoms with van der Waals surface area (Å²) in [5, 5.41) is 11.2. The lowest BCUT2D eigenvalue weighted by molar-refractivity contribution is -0.137. The molecule has 1 aromatic carbocycles. The number of hydrogen-bond acceptors (Lipinski definition) is 3. The summed E-state index contributed by atoms with van der Waals surface area (Å²) < 4.78 is 1.63. The minimum atomic E-state index is -0.970. The van der Waals surface area contributed by atoms with Gasteiger partial charge >= 0.3 is 5.97 Å². The predicted octanol–water partition coefficient (Wildman–Crippen LogP) is 2.29. The van der Waals surface area contributed by atoms with Crippen LogP contribution in [0.5, 0.6) is 0 Å². The highest BCUT2D eigenvalue weighted by atomic mass is 16.4. The van der Waals surface area contributed by atoms with E-state index in [1.54, 1.807) is 22.7 Å². The Kier molecular flexibility index (Phi) is 3.26. The van der Waals surface area contributed by atoms with E-state index >= 15 is 0 Å². The molecule has 0 aliphatic carbocycles. The number of benzene rings is 1. The molecule has 24 heavy (non-hydrogen) atoms. The number of rotatable bonds is 2. The second kappa shape index (κ2) is 5.33.